The van der Waals surface area contributed by atoms with Crippen LogP contribution in [0.25, 0.3) is 11.3 Å². The van der Waals surface area contributed by atoms with Crippen LogP contribution in [0, 0.1) is 12.7 Å². The molecule has 1 amide bonds. The van der Waals surface area contributed by atoms with Gasteiger partial charge in [0, 0.05) is 21.8 Å². The van der Waals surface area contributed by atoms with Crippen LogP contribution < -0.4 is 5.32 Å². The number of aryl methyl sites for hydroxylation is 1. The summed E-state index contributed by atoms with van der Waals surface area (Å²) in [5, 5.41) is 6.67. The van der Waals surface area contributed by atoms with Crippen molar-refractivity contribution < 1.29 is 28.0 Å². The topological polar surface area (TPSA) is 90.7 Å². The largest absolute Gasteiger partial charge is 0.466 e. The number of esters is 1. The number of ether oxygens (including phenoxy) is 2. The fourth-order valence-corrected chi connectivity index (χ4v) is 4.67. The van der Waals surface area contributed by atoms with Crippen molar-refractivity contribution in [2.45, 2.75) is 36.5 Å². The summed E-state index contributed by atoms with van der Waals surface area (Å²) in [4.78, 5) is 26.3. The Balaban J connectivity index is 1.40. The molecule has 3 aromatic carbocycles. The van der Waals surface area contributed by atoms with Crippen LogP contribution in [0.3, 0.4) is 0 Å². The van der Waals surface area contributed by atoms with Gasteiger partial charge in [-0.1, -0.05) is 53.3 Å². The number of aromatic nitrogens is 1. The zero-order valence-electron chi connectivity index (χ0n) is 21.0. The molecule has 0 radical (unpaired) electrons. The number of halogens is 1. The Kier molecular flexibility index (Phi) is 9.16. The second-order valence-electron chi connectivity index (χ2n) is 8.29. The lowest BCUT2D eigenvalue weighted by Crippen LogP contribution is -2.16. The van der Waals surface area contributed by atoms with Gasteiger partial charge in [0.1, 0.15) is 17.2 Å². The van der Waals surface area contributed by atoms with E-state index in [9.17, 15) is 14.0 Å². The standard InChI is InChI=1S/C29H27FN2O5S/c1-3-35-26(33)18-22-9-5-7-11-25(22)38-23-14-12-21(13-15-23)28-27(19(2)32-37-28)31-29(34)36-17-16-20-8-4-6-10-24(20)30/h4-15H,3,16-18H2,1-2H3,(H,31,34). The van der Waals surface area contributed by atoms with Crippen molar-refractivity contribution >= 4 is 29.5 Å². The van der Waals surface area contributed by atoms with Crippen LogP contribution in [0.5, 0.6) is 0 Å². The first kappa shape index (κ1) is 26.9. The van der Waals surface area contributed by atoms with Crippen LogP contribution in [-0.4, -0.2) is 30.4 Å². The molecule has 4 aromatic rings. The van der Waals surface area contributed by atoms with Crippen molar-refractivity contribution in [1.29, 1.82) is 0 Å². The Morgan fingerprint density at radius 3 is 2.42 bits per heavy atom. The molecule has 9 heteroatoms. The van der Waals surface area contributed by atoms with Gasteiger partial charge in [-0.3, -0.25) is 10.1 Å². The lowest BCUT2D eigenvalue weighted by molar-refractivity contribution is -0.142. The molecule has 0 fully saturated rings. The Morgan fingerprint density at radius 2 is 1.68 bits per heavy atom. The fraction of sp³-hybridized carbons (Fsp3) is 0.207. The number of hydrogen-bond donors (Lipinski definition) is 1. The number of amides is 1. The van der Waals surface area contributed by atoms with Crippen LogP contribution >= 0.6 is 11.8 Å². The summed E-state index contributed by atoms with van der Waals surface area (Å²) in [6.45, 7) is 3.87. The first-order chi connectivity index (χ1) is 18.4. The van der Waals surface area contributed by atoms with E-state index < -0.39 is 6.09 Å². The maximum atomic E-state index is 13.8. The van der Waals surface area contributed by atoms with Crippen LogP contribution in [-0.2, 0) is 27.1 Å². The number of carbonyl (C=O) groups excluding carboxylic acids is 2. The monoisotopic (exact) mass is 534 g/mol. The number of nitrogens with zero attached hydrogens (tertiary/aromatic N) is 1. The minimum Gasteiger partial charge on any atom is -0.466 e. The molecule has 1 N–H and O–H groups in total. The molecule has 38 heavy (non-hydrogen) atoms. The molecule has 1 aromatic heterocycles. The highest BCUT2D eigenvalue weighted by molar-refractivity contribution is 7.99. The predicted octanol–water partition coefficient (Wildman–Crippen LogP) is 6.84. The second kappa shape index (κ2) is 12.9. The van der Waals surface area contributed by atoms with Crippen molar-refractivity contribution in [2.24, 2.45) is 0 Å². The van der Waals surface area contributed by atoms with Gasteiger partial charge in [0.05, 0.1) is 19.6 Å². The van der Waals surface area contributed by atoms with Gasteiger partial charge in [0.2, 0.25) is 0 Å². The van der Waals surface area contributed by atoms with Gasteiger partial charge in [-0.15, -0.1) is 0 Å². The summed E-state index contributed by atoms with van der Waals surface area (Å²) >= 11 is 1.54. The third kappa shape index (κ3) is 7.01. The second-order valence-corrected chi connectivity index (χ2v) is 9.41. The molecule has 0 unspecified atom stereocenters. The maximum absolute atomic E-state index is 13.8. The number of anilines is 1. The first-order valence-corrected chi connectivity index (χ1v) is 12.9. The normalized spacial score (nSPS) is 10.7. The summed E-state index contributed by atoms with van der Waals surface area (Å²) in [7, 11) is 0. The Bertz CT molecular complexity index is 1400. The van der Waals surface area contributed by atoms with E-state index in [2.05, 4.69) is 10.5 Å². The highest BCUT2D eigenvalue weighted by atomic mass is 32.2. The first-order valence-electron chi connectivity index (χ1n) is 12.1. The van der Waals surface area contributed by atoms with Gasteiger partial charge in [0.25, 0.3) is 0 Å². The number of carbonyl (C=O) groups is 2. The minimum absolute atomic E-state index is 0.0238. The maximum Gasteiger partial charge on any atom is 0.411 e. The number of hydrogen-bond acceptors (Lipinski definition) is 7. The lowest BCUT2D eigenvalue weighted by Gasteiger charge is -2.10. The van der Waals surface area contributed by atoms with Crippen molar-refractivity contribution in [3.8, 4) is 11.3 Å². The smallest absolute Gasteiger partial charge is 0.411 e. The molecule has 4 rings (SSSR count). The van der Waals surface area contributed by atoms with Crippen LogP contribution in [0.2, 0.25) is 0 Å². The zero-order chi connectivity index (χ0) is 26.9. The van der Waals surface area contributed by atoms with Gasteiger partial charge in [-0.05, 0) is 61.4 Å². The molecule has 0 aliphatic rings. The van der Waals surface area contributed by atoms with Crippen molar-refractivity contribution in [3.63, 3.8) is 0 Å². The van der Waals surface area contributed by atoms with E-state index >= 15 is 0 Å². The van der Waals surface area contributed by atoms with Crippen molar-refractivity contribution in [2.75, 3.05) is 18.5 Å². The van der Waals surface area contributed by atoms with Gasteiger partial charge in [-0.2, -0.15) is 0 Å². The predicted molar refractivity (Wildman–Crippen MR) is 143 cm³/mol. The van der Waals surface area contributed by atoms with Crippen LogP contribution in [0.4, 0.5) is 14.9 Å². The average Bonchev–Trinajstić information content (AvgIpc) is 3.26. The van der Waals surface area contributed by atoms with E-state index in [1.807, 2.05) is 48.5 Å². The van der Waals surface area contributed by atoms with Gasteiger partial charge in [0.15, 0.2) is 5.76 Å². The van der Waals surface area contributed by atoms with Crippen LogP contribution in [0.1, 0.15) is 23.7 Å². The van der Waals surface area contributed by atoms with Crippen molar-refractivity contribution in [3.05, 3.63) is 95.4 Å². The molecule has 0 aliphatic heterocycles. The molecule has 0 bridgehead atoms. The summed E-state index contributed by atoms with van der Waals surface area (Å²) < 4.78 is 29.6. The summed E-state index contributed by atoms with van der Waals surface area (Å²) in [5.41, 5.74) is 2.99. The van der Waals surface area contributed by atoms with E-state index in [1.165, 1.54) is 17.8 Å². The Labute approximate surface area is 224 Å². The number of rotatable bonds is 10. The van der Waals surface area contributed by atoms with E-state index in [-0.39, 0.29) is 31.2 Å². The van der Waals surface area contributed by atoms with Crippen molar-refractivity contribution in [1.82, 2.24) is 5.16 Å². The summed E-state index contributed by atoms with van der Waals surface area (Å²) in [6, 6.07) is 21.7. The quantitative estimate of drug-likeness (QED) is 0.223. The highest BCUT2D eigenvalue weighted by Gasteiger charge is 2.18. The summed E-state index contributed by atoms with van der Waals surface area (Å²) in [6.07, 6.45) is -0.213. The average molecular weight is 535 g/mol. The molecule has 0 aliphatic carbocycles. The van der Waals surface area contributed by atoms with E-state index in [0.717, 1.165) is 20.9 Å². The molecule has 0 atom stereocenters. The molecule has 0 saturated carbocycles. The molecule has 0 spiro atoms. The van der Waals surface area contributed by atoms with Gasteiger partial charge < -0.3 is 14.0 Å². The zero-order valence-corrected chi connectivity index (χ0v) is 21.8. The summed E-state index contributed by atoms with van der Waals surface area (Å²) in [5.74, 6) is -0.201. The molecular weight excluding hydrogens is 507 g/mol. The Morgan fingerprint density at radius 1 is 0.974 bits per heavy atom. The molecule has 1 heterocycles. The fourth-order valence-electron chi connectivity index (χ4n) is 3.73. The third-order valence-corrected chi connectivity index (χ3v) is 6.74. The Hall–Kier alpha value is -4.11. The number of nitrogens with one attached hydrogen (secondary N) is 1. The highest BCUT2D eigenvalue weighted by Crippen LogP contribution is 2.35. The third-order valence-electron chi connectivity index (χ3n) is 5.61. The minimum atomic E-state index is -0.681. The molecule has 0 saturated heterocycles. The molecule has 7 nitrogen and oxygen atoms in total. The van der Waals surface area contributed by atoms with Gasteiger partial charge >= 0.3 is 12.1 Å². The van der Waals surface area contributed by atoms with Crippen LogP contribution in [0.15, 0.2) is 87.1 Å². The molecular formula is C29H27FN2O5S. The van der Waals surface area contributed by atoms with E-state index in [4.69, 9.17) is 14.0 Å². The van der Waals surface area contributed by atoms with Gasteiger partial charge in [-0.25, -0.2) is 9.18 Å². The van der Waals surface area contributed by atoms with E-state index in [0.29, 0.717) is 29.3 Å². The molecule has 196 valence electrons. The van der Waals surface area contributed by atoms with E-state index in [1.54, 1.807) is 32.0 Å². The lowest BCUT2D eigenvalue weighted by atomic mass is 10.1. The number of benzene rings is 3. The SMILES string of the molecule is CCOC(=O)Cc1ccccc1Sc1ccc(-c2onc(C)c2NC(=O)OCCc2ccccc2F)cc1.